The van der Waals surface area contributed by atoms with E-state index >= 15 is 0 Å². The zero-order chi connectivity index (χ0) is 9.19. The Hall–Kier alpha value is 0.440. The summed E-state index contributed by atoms with van der Waals surface area (Å²) in [5.41, 5.74) is -1.72. The van der Waals surface area contributed by atoms with Gasteiger partial charge in [0.15, 0.2) is 0 Å². The van der Waals surface area contributed by atoms with Gasteiger partial charge in [-0.3, -0.25) is 0 Å². The smallest absolute Gasteiger partial charge is 0.127 e. The van der Waals surface area contributed by atoms with E-state index in [0.29, 0.717) is 0 Å². The van der Waals surface area contributed by atoms with Crippen molar-refractivity contribution >= 4 is 29.5 Å². The van der Waals surface area contributed by atoms with Gasteiger partial charge >= 0.3 is 0 Å². The van der Waals surface area contributed by atoms with Gasteiger partial charge in [0.2, 0.25) is 0 Å². The van der Waals surface area contributed by atoms with Crippen LogP contribution in [0.4, 0.5) is 0 Å². The molecule has 0 radical (unpaired) electrons. The van der Waals surface area contributed by atoms with Crippen LogP contribution in [0, 0.1) is 0 Å². The summed E-state index contributed by atoms with van der Waals surface area (Å²) in [6.07, 6.45) is 8.25. The van der Waals surface area contributed by atoms with Crippen LogP contribution in [0.15, 0.2) is 24.3 Å². The Kier molecular flexibility index (Phi) is 3.59. The fourth-order valence-electron chi connectivity index (χ4n) is 1.01. The molecule has 0 fully saturated rings. The lowest BCUT2D eigenvalue weighted by molar-refractivity contribution is 0.275. The zero-order valence-corrected chi connectivity index (χ0v) is 9.78. The Morgan fingerprint density at radius 3 is 2.33 bits per heavy atom. The third-order valence-electron chi connectivity index (χ3n) is 1.47. The fraction of sp³-hybridized carbons (Fsp3) is 0.500. The van der Waals surface area contributed by atoms with Gasteiger partial charge in [0, 0.05) is 0 Å². The Bertz CT molecular complexity index is 246. The summed E-state index contributed by atoms with van der Waals surface area (Å²) >= 11 is 9.75. The van der Waals surface area contributed by atoms with E-state index in [1.807, 2.05) is 26.0 Å². The Labute approximate surface area is 84.1 Å². The predicted molar refractivity (Wildman–Crippen MR) is 61.6 cm³/mol. The van der Waals surface area contributed by atoms with Gasteiger partial charge in [0.25, 0.3) is 0 Å². The Morgan fingerprint density at radius 2 is 1.92 bits per heavy atom. The molecule has 0 aromatic carbocycles. The first-order valence-electron chi connectivity index (χ1n) is 3.88. The second kappa shape index (κ2) is 4.10. The van der Waals surface area contributed by atoms with Gasteiger partial charge in [-0.2, -0.15) is 0 Å². The molecule has 0 N–H and O–H groups in total. The SMILES string of the molecule is CC(C)OP(=S)(S)C1C=CC=C1. The highest BCUT2D eigenvalue weighted by Gasteiger charge is 2.23. The Balaban J connectivity index is 2.65. The van der Waals surface area contributed by atoms with E-state index in [1.165, 1.54) is 0 Å². The third kappa shape index (κ3) is 2.74. The van der Waals surface area contributed by atoms with E-state index in [2.05, 4.69) is 24.4 Å². The summed E-state index contributed by atoms with van der Waals surface area (Å²) in [4.78, 5) is 0. The predicted octanol–water partition coefficient (Wildman–Crippen LogP) is 3.15. The van der Waals surface area contributed by atoms with Crippen molar-refractivity contribution in [1.29, 1.82) is 0 Å². The number of hydrogen-bond acceptors (Lipinski definition) is 2. The average molecular weight is 220 g/mol. The highest BCUT2D eigenvalue weighted by atomic mass is 32.9. The first-order chi connectivity index (χ1) is 5.52. The molecule has 0 aromatic heterocycles. The van der Waals surface area contributed by atoms with Crippen LogP contribution in [-0.2, 0) is 16.3 Å². The number of thiol groups is 1. The average Bonchev–Trinajstić information content (AvgIpc) is 2.32. The third-order valence-corrected chi connectivity index (χ3v) is 5.36. The normalized spacial score (nSPS) is 22.0. The number of rotatable bonds is 3. The highest BCUT2D eigenvalue weighted by Crippen LogP contribution is 2.59. The van der Waals surface area contributed by atoms with Crippen LogP contribution >= 0.6 is 17.7 Å². The first kappa shape index (κ1) is 10.5. The van der Waals surface area contributed by atoms with Crippen LogP contribution in [-0.4, -0.2) is 11.8 Å². The maximum atomic E-state index is 5.61. The van der Waals surface area contributed by atoms with Gasteiger partial charge in [-0.1, -0.05) is 36.1 Å². The molecule has 0 aromatic rings. The quantitative estimate of drug-likeness (QED) is 0.578. The minimum absolute atomic E-state index is 0.163. The standard InChI is InChI=1S/C8H13OPS2/c1-7(2)9-10(11,12)8-5-3-4-6-8/h3-8H,1-2H3,(H,11,12). The second-order valence-corrected chi connectivity index (χ2v) is 9.14. The van der Waals surface area contributed by atoms with Crippen molar-refractivity contribution in [3.8, 4) is 0 Å². The summed E-state index contributed by atoms with van der Waals surface area (Å²) in [5.74, 6) is 0. The van der Waals surface area contributed by atoms with Gasteiger partial charge in [-0.15, -0.1) is 12.2 Å². The fourth-order valence-corrected chi connectivity index (χ4v) is 4.35. The summed E-state index contributed by atoms with van der Waals surface area (Å²) < 4.78 is 5.61. The summed E-state index contributed by atoms with van der Waals surface area (Å²) in [7, 11) is 0. The minimum atomic E-state index is -1.94. The number of hydrogen-bond donors (Lipinski definition) is 1. The lowest BCUT2D eigenvalue weighted by Crippen LogP contribution is -2.04. The van der Waals surface area contributed by atoms with Crippen molar-refractivity contribution < 1.29 is 4.52 Å². The van der Waals surface area contributed by atoms with Crippen LogP contribution < -0.4 is 0 Å². The maximum absolute atomic E-state index is 5.61. The number of allylic oxidation sites excluding steroid dienone is 4. The summed E-state index contributed by atoms with van der Waals surface area (Å²) in [6, 6.07) is 0. The molecule has 68 valence electrons. The van der Waals surface area contributed by atoms with Crippen molar-refractivity contribution in [2.75, 3.05) is 0 Å². The molecule has 1 rings (SSSR count). The monoisotopic (exact) mass is 220 g/mol. The maximum Gasteiger partial charge on any atom is 0.127 e. The molecule has 0 saturated carbocycles. The van der Waals surface area contributed by atoms with Crippen LogP contribution in [0.25, 0.3) is 0 Å². The van der Waals surface area contributed by atoms with Gasteiger partial charge in [0.1, 0.15) is 5.47 Å². The molecule has 4 heteroatoms. The highest BCUT2D eigenvalue weighted by molar-refractivity contribution is 8.62. The van der Waals surface area contributed by atoms with Crippen molar-refractivity contribution in [3.63, 3.8) is 0 Å². The van der Waals surface area contributed by atoms with E-state index in [1.54, 1.807) is 0 Å². The molecule has 1 nitrogen and oxygen atoms in total. The Morgan fingerprint density at radius 1 is 1.42 bits per heavy atom. The molecule has 1 atom stereocenters. The molecule has 0 heterocycles. The van der Waals surface area contributed by atoms with Crippen molar-refractivity contribution in [2.24, 2.45) is 0 Å². The van der Waals surface area contributed by atoms with Gasteiger partial charge < -0.3 is 4.52 Å². The molecule has 1 aliphatic carbocycles. The lowest BCUT2D eigenvalue weighted by atomic mass is 10.5. The molecule has 1 unspecified atom stereocenters. The van der Waals surface area contributed by atoms with E-state index < -0.39 is 5.47 Å². The summed E-state index contributed by atoms with van der Waals surface area (Å²) in [6.45, 7) is 3.97. The van der Waals surface area contributed by atoms with Crippen LogP contribution in [0.2, 0.25) is 0 Å². The molecule has 0 amide bonds. The van der Waals surface area contributed by atoms with Gasteiger partial charge in [0.05, 0.1) is 11.8 Å². The molecule has 0 bridgehead atoms. The van der Waals surface area contributed by atoms with Crippen molar-refractivity contribution in [3.05, 3.63) is 24.3 Å². The van der Waals surface area contributed by atoms with Crippen molar-refractivity contribution in [2.45, 2.75) is 25.6 Å². The molecule has 0 saturated heterocycles. The van der Waals surface area contributed by atoms with Gasteiger partial charge in [-0.25, -0.2) is 0 Å². The summed E-state index contributed by atoms with van der Waals surface area (Å²) in [5, 5.41) is 0. The van der Waals surface area contributed by atoms with E-state index in [4.69, 9.17) is 16.3 Å². The lowest BCUT2D eigenvalue weighted by Gasteiger charge is -2.22. The van der Waals surface area contributed by atoms with E-state index in [9.17, 15) is 0 Å². The molecule has 12 heavy (non-hydrogen) atoms. The largest absolute Gasteiger partial charge is 0.338 e. The minimum Gasteiger partial charge on any atom is -0.338 e. The first-order valence-corrected chi connectivity index (χ1v) is 7.82. The molecular weight excluding hydrogens is 207 g/mol. The van der Waals surface area contributed by atoms with Crippen molar-refractivity contribution in [1.82, 2.24) is 0 Å². The van der Waals surface area contributed by atoms with Crippen LogP contribution in [0.5, 0.6) is 0 Å². The van der Waals surface area contributed by atoms with Gasteiger partial charge in [-0.05, 0) is 13.8 Å². The van der Waals surface area contributed by atoms with Crippen LogP contribution in [0.3, 0.4) is 0 Å². The molecule has 1 aliphatic rings. The van der Waals surface area contributed by atoms with E-state index in [0.717, 1.165) is 0 Å². The van der Waals surface area contributed by atoms with E-state index in [-0.39, 0.29) is 11.8 Å². The molecule has 0 spiro atoms. The topological polar surface area (TPSA) is 9.23 Å². The molecular formula is C8H13OPS2. The zero-order valence-electron chi connectivity index (χ0n) is 7.18. The molecule has 0 aliphatic heterocycles. The van der Waals surface area contributed by atoms with Crippen LogP contribution in [0.1, 0.15) is 13.8 Å². The second-order valence-electron chi connectivity index (χ2n) is 2.98.